The highest BCUT2D eigenvalue weighted by Crippen LogP contribution is 2.38. The molecular weight excluding hydrogens is 394 g/mol. The summed E-state index contributed by atoms with van der Waals surface area (Å²) in [5.41, 5.74) is 5.54. The summed E-state index contributed by atoms with van der Waals surface area (Å²) in [6.07, 6.45) is -0.607. The Morgan fingerprint density at radius 2 is 1.87 bits per heavy atom. The van der Waals surface area contributed by atoms with Crippen molar-refractivity contribution < 1.29 is 18.8 Å². The highest BCUT2D eigenvalue weighted by atomic mass is 16.5. The Kier molecular flexibility index (Phi) is 5.27. The lowest BCUT2D eigenvalue weighted by atomic mass is 10.1. The summed E-state index contributed by atoms with van der Waals surface area (Å²) in [5, 5.41) is 6.90. The van der Waals surface area contributed by atoms with Crippen LogP contribution in [0.1, 0.15) is 45.4 Å². The number of anilines is 2. The molecule has 3 aromatic rings. The second-order valence-electron chi connectivity index (χ2n) is 7.92. The van der Waals surface area contributed by atoms with Crippen LogP contribution < -0.4 is 15.0 Å². The monoisotopic (exact) mass is 419 g/mol. The van der Waals surface area contributed by atoms with E-state index in [9.17, 15) is 9.59 Å². The molecule has 2 amide bonds. The van der Waals surface area contributed by atoms with Gasteiger partial charge in [-0.1, -0.05) is 11.2 Å². The van der Waals surface area contributed by atoms with E-state index in [1.165, 1.54) is 0 Å². The molecular formula is C24H25N3O4. The van der Waals surface area contributed by atoms with Crippen molar-refractivity contribution in [1.29, 1.82) is 0 Å². The first-order chi connectivity index (χ1) is 14.7. The first kappa shape index (κ1) is 20.7. The molecule has 2 aromatic carbocycles. The smallest absolute Gasteiger partial charge is 0.268 e. The summed E-state index contributed by atoms with van der Waals surface area (Å²) in [6, 6.07) is 10.9. The topological polar surface area (TPSA) is 84.7 Å². The highest BCUT2D eigenvalue weighted by Gasteiger charge is 2.33. The number of rotatable bonds is 4. The Morgan fingerprint density at radius 3 is 2.55 bits per heavy atom. The molecule has 1 aromatic heterocycles. The number of hydrogen-bond donors (Lipinski definition) is 1. The van der Waals surface area contributed by atoms with Crippen LogP contribution in [0.2, 0.25) is 0 Å². The van der Waals surface area contributed by atoms with E-state index in [-0.39, 0.29) is 11.8 Å². The number of carbonyl (C=O) groups is 2. The molecule has 31 heavy (non-hydrogen) atoms. The van der Waals surface area contributed by atoms with E-state index in [0.717, 1.165) is 22.4 Å². The second-order valence-corrected chi connectivity index (χ2v) is 7.92. The first-order valence-electron chi connectivity index (χ1n) is 10.2. The first-order valence-corrected chi connectivity index (χ1v) is 10.2. The SMILES string of the molecule is Cc1ccc(C(=O)Nc2ccc3c(c2)N(Cc2c(C)noc2C)C(=O)C(C)O3)cc1C. The van der Waals surface area contributed by atoms with E-state index >= 15 is 0 Å². The van der Waals surface area contributed by atoms with Crippen molar-refractivity contribution in [3.05, 3.63) is 70.1 Å². The second kappa shape index (κ2) is 7.91. The molecule has 0 radical (unpaired) electrons. The Morgan fingerprint density at radius 1 is 1.10 bits per heavy atom. The molecule has 160 valence electrons. The zero-order valence-electron chi connectivity index (χ0n) is 18.3. The summed E-state index contributed by atoms with van der Waals surface area (Å²) >= 11 is 0. The van der Waals surface area contributed by atoms with E-state index < -0.39 is 6.10 Å². The van der Waals surface area contributed by atoms with E-state index in [1.54, 1.807) is 36.1 Å². The van der Waals surface area contributed by atoms with E-state index in [2.05, 4.69) is 10.5 Å². The van der Waals surface area contributed by atoms with Crippen LogP contribution in [0.5, 0.6) is 5.75 Å². The lowest BCUT2D eigenvalue weighted by molar-refractivity contribution is -0.125. The predicted octanol–water partition coefficient (Wildman–Crippen LogP) is 4.47. The van der Waals surface area contributed by atoms with Crippen LogP contribution in [0.25, 0.3) is 0 Å². The number of hydrogen-bond acceptors (Lipinski definition) is 5. The highest BCUT2D eigenvalue weighted by molar-refractivity contribution is 6.06. The summed E-state index contributed by atoms with van der Waals surface area (Å²) in [7, 11) is 0. The van der Waals surface area contributed by atoms with Crippen molar-refractivity contribution >= 4 is 23.2 Å². The van der Waals surface area contributed by atoms with Gasteiger partial charge < -0.3 is 19.5 Å². The van der Waals surface area contributed by atoms with Gasteiger partial charge in [0.2, 0.25) is 0 Å². The van der Waals surface area contributed by atoms with Crippen LogP contribution in [-0.4, -0.2) is 23.1 Å². The van der Waals surface area contributed by atoms with Crippen molar-refractivity contribution in [3.8, 4) is 5.75 Å². The third kappa shape index (κ3) is 3.91. The van der Waals surface area contributed by atoms with E-state index in [4.69, 9.17) is 9.26 Å². The molecule has 0 saturated heterocycles. The largest absolute Gasteiger partial charge is 0.479 e. The molecule has 1 aliphatic heterocycles. The number of aromatic nitrogens is 1. The van der Waals surface area contributed by atoms with Crippen molar-refractivity contribution in [3.63, 3.8) is 0 Å². The molecule has 0 fully saturated rings. The van der Waals surface area contributed by atoms with Gasteiger partial charge in [-0.15, -0.1) is 0 Å². The molecule has 1 aliphatic rings. The standard InChI is InChI=1S/C24H25N3O4/c1-13-6-7-18(10-14(13)2)23(28)25-19-8-9-22-21(11-19)27(24(29)17(5)30-22)12-20-15(3)26-31-16(20)4/h6-11,17H,12H2,1-5H3,(H,25,28). The number of aryl methyl sites for hydroxylation is 4. The summed E-state index contributed by atoms with van der Waals surface area (Å²) in [4.78, 5) is 27.3. The number of fused-ring (bicyclic) bond motifs is 1. The third-order valence-corrected chi connectivity index (χ3v) is 5.69. The minimum absolute atomic E-state index is 0.162. The quantitative estimate of drug-likeness (QED) is 0.674. The maximum absolute atomic E-state index is 12.9. The summed E-state index contributed by atoms with van der Waals surface area (Å²) in [5.74, 6) is 0.884. The fourth-order valence-electron chi connectivity index (χ4n) is 3.62. The molecule has 1 N–H and O–H groups in total. The van der Waals surface area contributed by atoms with E-state index in [1.807, 2.05) is 39.8 Å². The van der Waals surface area contributed by atoms with Gasteiger partial charge in [0, 0.05) is 16.8 Å². The number of ether oxygens (including phenoxy) is 1. The minimum atomic E-state index is -0.607. The van der Waals surface area contributed by atoms with Crippen LogP contribution in [0.4, 0.5) is 11.4 Å². The van der Waals surface area contributed by atoms with Gasteiger partial charge >= 0.3 is 0 Å². The predicted molar refractivity (Wildman–Crippen MR) is 118 cm³/mol. The van der Waals surface area contributed by atoms with Crippen molar-refractivity contribution in [2.45, 2.75) is 47.3 Å². The maximum Gasteiger partial charge on any atom is 0.268 e. The minimum Gasteiger partial charge on any atom is -0.479 e. The molecule has 1 unspecified atom stereocenters. The van der Waals surface area contributed by atoms with Crippen LogP contribution >= 0.6 is 0 Å². The van der Waals surface area contributed by atoms with Crippen molar-refractivity contribution in [2.24, 2.45) is 0 Å². The van der Waals surface area contributed by atoms with Crippen LogP contribution in [0, 0.1) is 27.7 Å². The van der Waals surface area contributed by atoms with Gasteiger partial charge in [0.05, 0.1) is 17.9 Å². The Hall–Kier alpha value is -3.61. The molecule has 2 heterocycles. The van der Waals surface area contributed by atoms with Crippen molar-refractivity contribution in [1.82, 2.24) is 5.16 Å². The van der Waals surface area contributed by atoms with Gasteiger partial charge in [0.1, 0.15) is 11.5 Å². The Balaban J connectivity index is 1.65. The fourth-order valence-corrected chi connectivity index (χ4v) is 3.62. The molecule has 0 saturated carbocycles. The number of nitrogens with one attached hydrogen (secondary N) is 1. The zero-order chi connectivity index (χ0) is 22.3. The van der Waals surface area contributed by atoms with E-state index in [0.29, 0.717) is 35.0 Å². The van der Waals surface area contributed by atoms with Crippen molar-refractivity contribution in [2.75, 3.05) is 10.2 Å². The number of nitrogens with zero attached hydrogens (tertiary/aromatic N) is 2. The Labute approximate surface area is 181 Å². The summed E-state index contributed by atoms with van der Waals surface area (Å²) in [6.45, 7) is 9.69. The van der Waals surface area contributed by atoms with Gasteiger partial charge in [-0.25, -0.2) is 0 Å². The molecule has 0 bridgehead atoms. The van der Waals surface area contributed by atoms with Gasteiger partial charge in [0.25, 0.3) is 11.8 Å². The fraction of sp³-hybridized carbons (Fsp3) is 0.292. The van der Waals surface area contributed by atoms with Gasteiger partial charge in [0.15, 0.2) is 6.10 Å². The summed E-state index contributed by atoms with van der Waals surface area (Å²) < 4.78 is 11.0. The average Bonchev–Trinajstić information content (AvgIpc) is 3.05. The lowest BCUT2D eigenvalue weighted by Gasteiger charge is -2.33. The normalized spacial score (nSPS) is 15.5. The molecule has 7 nitrogen and oxygen atoms in total. The molecule has 4 rings (SSSR count). The number of carbonyl (C=O) groups excluding carboxylic acids is 2. The third-order valence-electron chi connectivity index (χ3n) is 5.69. The van der Waals surface area contributed by atoms with Crippen LogP contribution in [0.15, 0.2) is 40.9 Å². The number of benzene rings is 2. The van der Waals surface area contributed by atoms with Crippen LogP contribution in [-0.2, 0) is 11.3 Å². The molecule has 7 heteroatoms. The lowest BCUT2D eigenvalue weighted by Crippen LogP contribution is -2.44. The zero-order valence-corrected chi connectivity index (χ0v) is 18.3. The average molecular weight is 419 g/mol. The Bertz CT molecular complexity index is 1160. The van der Waals surface area contributed by atoms with Gasteiger partial charge in [-0.2, -0.15) is 0 Å². The van der Waals surface area contributed by atoms with Gasteiger partial charge in [-0.05, 0) is 76.1 Å². The van der Waals surface area contributed by atoms with Gasteiger partial charge in [-0.3, -0.25) is 9.59 Å². The molecule has 0 aliphatic carbocycles. The van der Waals surface area contributed by atoms with Crippen LogP contribution in [0.3, 0.4) is 0 Å². The molecule has 1 atom stereocenters. The maximum atomic E-state index is 12.9. The number of amides is 2. The molecule has 0 spiro atoms.